The summed E-state index contributed by atoms with van der Waals surface area (Å²) in [5.74, 6) is -14.4. The number of carboxylic acids is 1. The number of hydroxylamine groups is 1. The van der Waals surface area contributed by atoms with Crippen molar-refractivity contribution in [1.82, 2.24) is 62.8 Å². The zero-order chi connectivity index (χ0) is 83.7. The van der Waals surface area contributed by atoms with E-state index in [4.69, 9.17) is 43.7 Å². The number of fused-ring (bicyclic) bond motifs is 5. The number of H-pyrrole nitrogens is 1. The minimum absolute atomic E-state index is 0.0144. The van der Waals surface area contributed by atoms with Crippen molar-refractivity contribution in [2.75, 3.05) is 91.8 Å². The minimum atomic E-state index is -2.48. The maximum absolute atomic E-state index is 15.2. The summed E-state index contributed by atoms with van der Waals surface area (Å²) in [5, 5.41) is 82.6. The molecule has 2 saturated heterocycles. The van der Waals surface area contributed by atoms with Gasteiger partial charge in [-0.1, -0.05) is 46.1 Å². The van der Waals surface area contributed by atoms with Gasteiger partial charge in [-0.25, -0.2) is 14.4 Å². The number of aliphatic hydroxyl groups is 5. The Labute approximate surface area is 658 Å². The monoisotopic (exact) mass is 1630 g/mol. The highest BCUT2D eigenvalue weighted by Crippen LogP contribution is 2.33. The van der Waals surface area contributed by atoms with E-state index in [-0.39, 0.29) is 97.9 Å². The lowest BCUT2D eigenvalue weighted by Gasteiger charge is -2.35. The van der Waals surface area contributed by atoms with E-state index in [2.05, 4.69) is 53.0 Å². The molecule has 42 heteroatoms. The second kappa shape index (κ2) is 43.6. The molecule has 0 aliphatic carbocycles. The van der Waals surface area contributed by atoms with Crippen LogP contribution in [0.1, 0.15) is 114 Å². The number of rotatable bonds is 31. The van der Waals surface area contributed by atoms with Crippen LogP contribution in [0.25, 0.3) is 10.9 Å². The molecule has 632 valence electrons. The fraction of sp³-hybridized carbons (Fsp3) is 0.625. The first-order valence-electron chi connectivity index (χ1n) is 37.3. The number of carboxylic acid groups (broad SMARTS) is 1. The summed E-state index contributed by atoms with van der Waals surface area (Å²) in [7, 11) is 1.52. The first kappa shape index (κ1) is 91.4. The van der Waals surface area contributed by atoms with E-state index in [1.54, 1.807) is 46.8 Å². The summed E-state index contributed by atoms with van der Waals surface area (Å²) in [6.45, 7) is 7.12. The summed E-state index contributed by atoms with van der Waals surface area (Å²) in [5.41, 5.74) is 7.52. The third-order valence-corrected chi connectivity index (χ3v) is 20.3. The number of hydrogen-bond acceptors (Lipinski definition) is 27. The van der Waals surface area contributed by atoms with Crippen LogP contribution in [0, 0.1) is 11.8 Å². The normalized spacial score (nSPS) is 24.4. The van der Waals surface area contributed by atoms with Gasteiger partial charge in [0.2, 0.25) is 64.5 Å². The second-order valence-electron chi connectivity index (χ2n) is 28.9. The van der Waals surface area contributed by atoms with Crippen LogP contribution in [0.4, 0.5) is 9.59 Å². The molecule has 1 aromatic heterocycles. The number of carbonyl (C=O) groups is 13. The number of nitrogens with two attached hydrogens (primary N) is 1. The Bertz CT molecular complexity index is 3870. The van der Waals surface area contributed by atoms with E-state index >= 15 is 4.55 Å². The van der Waals surface area contributed by atoms with E-state index in [1.807, 2.05) is 0 Å². The predicted octanol–water partition coefficient (Wildman–Crippen LogP) is -3.90. The van der Waals surface area contributed by atoms with Gasteiger partial charge in [0, 0.05) is 80.1 Å². The number of ether oxygens (including phenoxy) is 7. The van der Waals surface area contributed by atoms with Crippen molar-refractivity contribution < 1.29 is 136 Å². The Morgan fingerprint density at radius 3 is 2.18 bits per heavy atom. The molecule has 2 aromatic carbocycles. The van der Waals surface area contributed by atoms with Gasteiger partial charge >= 0.3 is 18.2 Å². The Kier molecular flexibility index (Phi) is 35.0. The lowest BCUT2D eigenvalue weighted by molar-refractivity contribution is -0.237. The molecule has 2 fully saturated rings. The number of carbonyl (C=O) groups excluding carboxylic acids is 12. The van der Waals surface area contributed by atoms with Crippen molar-refractivity contribution in [3.63, 3.8) is 0 Å². The molecule has 18 N–H and O–H groups in total. The molecule has 7 unspecified atom stereocenters. The molecule has 5 heterocycles. The van der Waals surface area contributed by atoms with Crippen molar-refractivity contribution in [3.05, 3.63) is 53.1 Å². The molecule has 3 aromatic rings. The average molecular weight is 1630 g/mol. The lowest BCUT2D eigenvalue weighted by Crippen LogP contribution is -2.62. The minimum Gasteiger partial charge on any atom is -0.610 e. The zero-order valence-electron chi connectivity index (χ0n) is 64.4. The van der Waals surface area contributed by atoms with Gasteiger partial charge in [0.1, 0.15) is 65.8 Å². The molecular weight excluding hydrogens is 1530 g/mol. The number of nitrogens with one attached hydrogen (secondary N) is 10. The Morgan fingerprint density at radius 1 is 0.789 bits per heavy atom. The molecule has 41 nitrogen and oxygen atoms in total. The van der Waals surface area contributed by atoms with Crippen molar-refractivity contribution in [3.8, 4) is 11.5 Å². The molecular formula is C72H105N13O28S. The maximum atomic E-state index is 15.2. The lowest BCUT2D eigenvalue weighted by atomic mass is 9.93. The number of aromatic nitrogens is 1. The van der Waals surface area contributed by atoms with Crippen LogP contribution in [0.3, 0.4) is 0 Å². The highest BCUT2D eigenvalue weighted by molar-refractivity contribution is 7.91. The Hall–Kier alpha value is -9.76. The molecule has 4 aliphatic heterocycles. The van der Waals surface area contributed by atoms with E-state index in [1.165, 1.54) is 43.1 Å². The number of aliphatic hydroxyl groups excluding tert-OH is 5. The fourth-order valence-corrected chi connectivity index (χ4v) is 13.9. The van der Waals surface area contributed by atoms with Crippen LogP contribution in [-0.4, -0.2) is 298 Å². The van der Waals surface area contributed by atoms with Crippen LogP contribution in [0.2, 0.25) is 0 Å². The van der Waals surface area contributed by atoms with Gasteiger partial charge in [-0.2, -0.15) is 5.48 Å². The Balaban J connectivity index is 1.04. The van der Waals surface area contributed by atoms with Gasteiger partial charge in [-0.15, -0.1) is 0 Å². The average Bonchev–Trinajstić information content (AvgIpc) is 1.61. The van der Waals surface area contributed by atoms with Gasteiger partial charge in [-0.3, -0.25) is 52.8 Å². The van der Waals surface area contributed by atoms with Gasteiger partial charge in [0.15, 0.2) is 12.1 Å². The molecule has 4 aliphatic rings. The van der Waals surface area contributed by atoms with Gasteiger partial charge in [0.25, 0.3) is 5.91 Å². The number of hydrogen-bond donors (Lipinski definition) is 17. The first-order valence-corrected chi connectivity index (χ1v) is 38.6. The largest absolute Gasteiger partial charge is 0.610 e. The van der Waals surface area contributed by atoms with Gasteiger partial charge in [-0.05, 0) is 69.4 Å². The smallest absolute Gasteiger partial charge is 0.431 e. The summed E-state index contributed by atoms with van der Waals surface area (Å²) >= 11 is -2.48. The van der Waals surface area contributed by atoms with E-state index in [0.29, 0.717) is 37.7 Å². The van der Waals surface area contributed by atoms with Crippen molar-refractivity contribution >= 4 is 99.3 Å². The molecule has 7 rings (SSSR count). The number of unbranched alkanes of at least 4 members (excludes halogenated alkanes) is 3. The molecule has 15 atom stereocenters. The summed E-state index contributed by atoms with van der Waals surface area (Å²) in [6, 6.07) is -1.53. The van der Waals surface area contributed by atoms with Crippen LogP contribution in [-0.2, 0) is 101 Å². The third-order valence-electron chi connectivity index (χ3n) is 18.8. The molecule has 0 saturated carbocycles. The van der Waals surface area contributed by atoms with Crippen LogP contribution in [0.5, 0.6) is 11.5 Å². The SMILES string of the molecule is CC[C@H](C)C1NC(=O)CNC(=O)[C@@H]2Cc3c([nH]c4cc(OCCCCCCN(C)C(=O)OCc5ccc(OC6O[C@H](C(=O)O)C(O)CC6O)c(C(=O)NCCOCCOCCONC(=O)OC(C)(C)C)c5)ccc34)[S+]([O-])C[C@H](NC(=O)CNC1=O)C(=O)N[C@@H](CC(N)=O)C(=O)N1C[C@H](O)C[C@H]1C(=O)NC(C(C)[C@@H](O)CO)C(=O)N2. The zero-order valence-corrected chi connectivity index (χ0v) is 65.2. The van der Waals surface area contributed by atoms with Crippen molar-refractivity contribution in [1.29, 1.82) is 0 Å². The summed E-state index contributed by atoms with van der Waals surface area (Å²) in [6.07, 6.45) is -10.8. The van der Waals surface area contributed by atoms with E-state index in [9.17, 15) is 93.0 Å². The number of amides is 12. The molecule has 0 radical (unpaired) electrons. The van der Waals surface area contributed by atoms with E-state index in [0.717, 1.165) is 4.90 Å². The summed E-state index contributed by atoms with van der Waals surface area (Å²) in [4.78, 5) is 188. The summed E-state index contributed by atoms with van der Waals surface area (Å²) < 4.78 is 54.2. The van der Waals surface area contributed by atoms with Gasteiger partial charge < -0.3 is 131 Å². The number of aromatic amines is 1. The fourth-order valence-electron chi connectivity index (χ4n) is 12.5. The van der Waals surface area contributed by atoms with E-state index < -0.39 is 237 Å². The number of benzene rings is 2. The highest BCUT2D eigenvalue weighted by Gasteiger charge is 2.47. The number of nitrogens with zero attached hydrogens (tertiary/aromatic N) is 2. The number of aliphatic carboxylic acids is 1. The third kappa shape index (κ3) is 27.2. The number of primary amides is 1. The second-order valence-corrected chi connectivity index (χ2v) is 30.3. The van der Waals surface area contributed by atoms with Crippen LogP contribution < -0.4 is 63.2 Å². The Morgan fingerprint density at radius 2 is 1.48 bits per heavy atom. The topological polar surface area (TPSA) is 597 Å². The first-order chi connectivity index (χ1) is 54.1. The highest BCUT2D eigenvalue weighted by atomic mass is 32.2. The maximum Gasteiger partial charge on any atom is 0.431 e. The molecule has 0 spiro atoms. The predicted molar refractivity (Wildman–Crippen MR) is 397 cm³/mol. The van der Waals surface area contributed by atoms with Crippen molar-refractivity contribution in [2.45, 2.75) is 190 Å². The van der Waals surface area contributed by atoms with Gasteiger partial charge in [0.05, 0.1) is 95.2 Å². The quantitative estimate of drug-likeness (QED) is 0.0166. The molecule has 114 heavy (non-hydrogen) atoms. The van der Waals surface area contributed by atoms with Crippen LogP contribution in [0.15, 0.2) is 41.4 Å². The standard InChI is InChI=1S/C72H105N13O28S/c1-8-37(2)57-64(98)76-31-55(92)77-48-36-114(105)66-43(28-46(61(95)75-32-56(93)81-57)78-65(99)58(38(3)52(90)34-86)82-63(97)49-26-40(87)33-85(49)67(100)47(29-54(73)91)79-62(48)96)42-15-14-41(27-45(42)80-66)108-19-12-10-9-11-18-84(7)71(104)109-35-39-13-16-53(111-69-51(89)30-50(88)59(112-69)68(101)102)44(25-39)60(94)74-17-20-106-21-22-107-23-24-110-83-70(103)113-72(4,5)6/h13-16,25,27,37-38,40,46-52,57-59,69,80,86-90H,8-12,17-24,26,28-36H2,1-7H3,(H2,73,91)(H,74,94)(H,75,95)(H,76,98)(H,77,92)(H,78,99)(H,79,96)(H,81,93)(H,82,97)(H,83,103)(H,101,102)/t37-,38?,40+,46-,47-,48-,49-,50?,51?,52-,57?,58?,59-,69?,114?/m0/s1. The van der Waals surface area contributed by atoms with Crippen LogP contribution >= 0.6 is 0 Å². The molecule has 12 amide bonds. The van der Waals surface area contributed by atoms with Crippen molar-refractivity contribution in [2.24, 2.45) is 17.6 Å². The molecule has 2 bridgehead atoms.